The van der Waals surface area contributed by atoms with E-state index in [-0.39, 0.29) is 0 Å². The number of hydrogen-bond acceptors (Lipinski definition) is 1. The number of aliphatic imine (C=N–C) groups is 1. The molecule has 0 radical (unpaired) electrons. The van der Waals surface area contributed by atoms with Crippen LogP contribution < -0.4 is 0 Å². The van der Waals surface area contributed by atoms with E-state index in [9.17, 15) is 0 Å². The summed E-state index contributed by atoms with van der Waals surface area (Å²) in [6.45, 7) is 2.10. The van der Waals surface area contributed by atoms with Gasteiger partial charge in [-0.2, -0.15) is 0 Å². The second kappa shape index (κ2) is 6.90. The van der Waals surface area contributed by atoms with E-state index in [0.717, 1.165) is 17.8 Å². The summed E-state index contributed by atoms with van der Waals surface area (Å²) < 4.78 is 0. The molecule has 0 spiro atoms. The van der Waals surface area contributed by atoms with Crippen molar-refractivity contribution in [2.45, 2.75) is 19.3 Å². The topological polar surface area (TPSA) is 12.4 Å². The number of hydrogen-bond donors (Lipinski definition) is 0. The Hall–Kier alpha value is -2.93. The smallest absolute Gasteiger partial charge is 0.0633 e. The Morgan fingerprint density at radius 2 is 1.40 bits per heavy atom. The molecule has 1 atom stereocenters. The van der Waals surface area contributed by atoms with Crippen LogP contribution in [0.5, 0.6) is 0 Å². The van der Waals surface area contributed by atoms with E-state index in [1.54, 1.807) is 0 Å². The highest BCUT2D eigenvalue weighted by Gasteiger charge is 2.25. The molecule has 0 saturated carbocycles. The van der Waals surface area contributed by atoms with E-state index in [2.05, 4.69) is 97.9 Å². The summed E-state index contributed by atoms with van der Waals surface area (Å²) in [7, 11) is 0. The first-order chi connectivity index (χ1) is 12.3. The van der Waals surface area contributed by atoms with Crippen molar-refractivity contribution in [1.29, 1.82) is 0 Å². The van der Waals surface area contributed by atoms with E-state index in [1.165, 1.54) is 22.3 Å². The standard InChI is InChI=1S/C24H21N/c1-18-12-14-21(15-13-18)25-22-16-23(19-8-4-2-5-9-19)24(17-22)20-10-6-3-7-11-20/h2-16,24H,17H2,1H3. The average molecular weight is 323 g/mol. The first-order valence-electron chi connectivity index (χ1n) is 8.76. The van der Waals surface area contributed by atoms with Gasteiger partial charge < -0.3 is 0 Å². The van der Waals surface area contributed by atoms with Crippen molar-refractivity contribution in [3.63, 3.8) is 0 Å². The molecule has 0 aliphatic heterocycles. The van der Waals surface area contributed by atoms with Crippen LogP contribution in [0.3, 0.4) is 0 Å². The Morgan fingerprint density at radius 1 is 0.760 bits per heavy atom. The van der Waals surface area contributed by atoms with Gasteiger partial charge in [0.05, 0.1) is 5.69 Å². The first kappa shape index (κ1) is 15.6. The van der Waals surface area contributed by atoms with Crippen molar-refractivity contribution in [2.24, 2.45) is 4.99 Å². The lowest BCUT2D eigenvalue weighted by molar-refractivity contribution is 0.937. The number of allylic oxidation sites excluding steroid dienone is 2. The maximum atomic E-state index is 4.89. The number of benzene rings is 3. The van der Waals surface area contributed by atoms with Crippen LogP contribution in [0.15, 0.2) is 96.0 Å². The molecule has 1 heteroatoms. The van der Waals surface area contributed by atoms with Gasteiger partial charge >= 0.3 is 0 Å². The molecular weight excluding hydrogens is 302 g/mol. The van der Waals surface area contributed by atoms with Gasteiger partial charge in [0.15, 0.2) is 0 Å². The zero-order chi connectivity index (χ0) is 17.1. The van der Waals surface area contributed by atoms with Gasteiger partial charge in [-0.05, 0) is 41.8 Å². The summed E-state index contributed by atoms with van der Waals surface area (Å²) in [5.41, 5.74) is 7.43. The van der Waals surface area contributed by atoms with Gasteiger partial charge in [-0.25, -0.2) is 0 Å². The second-order valence-corrected chi connectivity index (χ2v) is 6.57. The number of nitrogens with zero attached hydrogens (tertiary/aromatic N) is 1. The lowest BCUT2D eigenvalue weighted by Gasteiger charge is -2.15. The summed E-state index contributed by atoms with van der Waals surface area (Å²) in [4.78, 5) is 4.89. The zero-order valence-corrected chi connectivity index (χ0v) is 14.4. The fourth-order valence-electron chi connectivity index (χ4n) is 3.42. The Labute approximate surface area is 149 Å². The largest absolute Gasteiger partial charge is 0.253 e. The highest BCUT2D eigenvalue weighted by molar-refractivity contribution is 6.08. The normalized spacial score (nSPS) is 18.4. The van der Waals surface area contributed by atoms with Crippen molar-refractivity contribution in [1.82, 2.24) is 0 Å². The van der Waals surface area contributed by atoms with Gasteiger partial charge in [-0.3, -0.25) is 4.99 Å². The Kier molecular flexibility index (Phi) is 4.30. The molecule has 0 amide bonds. The minimum atomic E-state index is 0.368. The predicted molar refractivity (Wildman–Crippen MR) is 106 cm³/mol. The summed E-state index contributed by atoms with van der Waals surface area (Å²) in [5.74, 6) is 0.368. The molecule has 122 valence electrons. The van der Waals surface area contributed by atoms with E-state index in [4.69, 9.17) is 4.99 Å². The maximum absolute atomic E-state index is 4.89. The predicted octanol–water partition coefficient (Wildman–Crippen LogP) is 6.34. The minimum absolute atomic E-state index is 0.368. The average Bonchev–Trinajstić information content (AvgIpc) is 3.09. The van der Waals surface area contributed by atoms with Crippen molar-refractivity contribution in [2.75, 3.05) is 0 Å². The van der Waals surface area contributed by atoms with Crippen molar-refractivity contribution in [3.8, 4) is 0 Å². The summed E-state index contributed by atoms with van der Waals surface area (Å²) in [6.07, 6.45) is 3.22. The third-order valence-electron chi connectivity index (χ3n) is 4.73. The highest BCUT2D eigenvalue weighted by atomic mass is 14.7. The highest BCUT2D eigenvalue weighted by Crippen LogP contribution is 2.40. The van der Waals surface area contributed by atoms with E-state index in [1.807, 2.05) is 0 Å². The summed E-state index contributed by atoms with van der Waals surface area (Å²) in [5, 5.41) is 0. The van der Waals surface area contributed by atoms with E-state index in [0.29, 0.717) is 5.92 Å². The molecule has 0 bridgehead atoms. The van der Waals surface area contributed by atoms with Crippen LogP contribution in [0.4, 0.5) is 5.69 Å². The monoisotopic (exact) mass is 323 g/mol. The number of aryl methyl sites for hydroxylation is 1. The van der Waals surface area contributed by atoms with E-state index >= 15 is 0 Å². The van der Waals surface area contributed by atoms with Gasteiger partial charge in [0, 0.05) is 18.1 Å². The summed E-state index contributed by atoms with van der Waals surface area (Å²) >= 11 is 0. The SMILES string of the molecule is Cc1ccc(N=C2C=C(c3ccccc3)C(c3ccccc3)C2)cc1. The van der Waals surface area contributed by atoms with Crippen molar-refractivity contribution >= 4 is 17.0 Å². The van der Waals surface area contributed by atoms with Crippen molar-refractivity contribution in [3.05, 3.63) is 108 Å². The molecule has 25 heavy (non-hydrogen) atoms. The van der Waals surface area contributed by atoms with Crippen LogP contribution in [0, 0.1) is 6.92 Å². The van der Waals surface area contributed by atoms with Crippen LogP contribution in [-0.4, -0.2) is 5.71 Å². The number of rotatable bonds is 3. The first-order valence-corrected chi connectivity index (χ1v) is 8.76. The van der Waals surface area contributed by atoms with Crippen LogP contribution in [-0.2, 0) is 0 Å². The molecule has 0 saturated heterocycles. The fourth-order valence-corrected chi connectivity index (χ4v) is 3.42. The van der Waals surface area contributed by atoms with Gasteiger partial charge in [-0.15, -0.1) is 0 Å². The second-order valence-electron chi connectivity index (χ2n) is 6.57. The molecular formula is C24H21N. The summed E-state index contributed by atoms with van der Waals surface area (Å²) in [6, 6.07) is 29.8. The van der Waals surface area contributed by atoms with Crippen molar-refractivity contribution < 1.29 is 0 Å². The zero-order valence-electron chi connectivity index (χ0n) is 14.4. The lowest BCUT2D eigenvalue weighted by atomic mass is 9.88. The molecule has 0 heterocycles. The Balaban J connectivity index is 1.74. The van der Waals surface area contributed by atoms with Crippen LogP contribution in [0.25, 0.3) is 5.57 Å². The Bertz CT molecular complexity index is 903. The third-order valence-corrected chi connectivity index (χ3v) is 4.73. The molecule has 4 rings (SSSR count). The molecule has 1 aliphatic rings. The van der Waals surface area contributed by atoms with Gasteiger partial charge in [0.2, 0.25) is 0 Å². The van der Waals surface area contributed by atoms with Crippen LogP contribution in [0.1, 0.15) is 29.0 Å². The van der Waals surface area contributed by atoms with Crippen LogP contribution in [0.2, 0.25) is 0 Å². The lowest BCUT2D eigenvalue weighted by Crippen LogP contribution is -1.99. The van der Waals surface area contributed by atoms with Crippen LogP contribution >= 0.6 is 0 Å². The maximum Gasteiger partial charge on any atom is 0.0633 e. The quantitative estimate of drug-likeness (QED) is 0.533. The molecule has 1 aliphatic carbocycles. The third kappa shape index (κ3) is 3.46. The molecule has 3 aromatic carbocycles. The molecule has 0 aromatic heterocycles. The molecule has 1 nitrogen and oxygen atoms in total. The fraction of sp³-hybridized carbons (Fsp3) is 0.125. The minimum Gasteiger partial charge on any atom is -0.253 e. The van der Waals surface area contributed by atoms with E-state index < -0.39 is 0 Å². The molecule has 0 N–H and O–H groups in total. The molecule has 1 unspecified atom stereocenters. The Morgan fingerprint density at radius 3 is 2.08 bits per heavy atom. The molecule has 0 fully saturated rings. The van der Waals surface area contributed by atoms with Gasteiger partial charge in [0.1, 0.15) is 0 Å². The van der Waals surface area contributed by atoms with Gasteiger partial charge in [-0.1, -0.05) is 78.4 Å². The van der Waals surface area contributed by atoms with Gasteiger partial charge in [0.25, 0.3) is 0 Å². The molecule has 3 aromatic rings.